The number of pyridine rings is 1. The largest absolute Gasteiger partial charge is 0.409 e. The number of halogens is 2. The zero-order valence-electron chi connectivity index (χ0n) is 16.4. The van der Waals surface area contributed by atoms with Crippen LogP contribution in [0.1, 0.15) is 52.2 Å². The van der Waals surface area contributed by atoms with Gasteiger partial charge in [-0.25, -0.2) is 0 Å². The number of aromatic nitrogens is 1. The molecule has 1 aromatic rings. The van der Waals surface area contributed by atoms with E-state index < -0.39 is 8.32 Å². The van der Waals surface area contributed by atoms with Crippen LogP contribution in [-0.2, 0) is 9.16 Å². The summed E-state index contributed by atoms with van der Waals surface area (Å²) in [5.74, 6) is 0. The molecule has 1 fully saturated rings. The highest BCUT2D eigenvalue weighted by molar-refractivity contribution is 6.73. The van der Waals surface area contributed by atoms with Gasteiger partial charge in [0.2, 0.25) is 0 Å². The Kier molecular flexibility index (Phi) is 8.84. The van der Waals surface area contributed by atoms with Crippen molar-refractivity contribution in [1.82, 2.24) is 10.3 Å². The predicted octanol–water partition coefficient (Wildman–Crippen LogP) is 5.61. The van der Waals surface area contributed by atoms with Gasteiger partial charge in [-0.3, -0.25) is 4.98 Å². The second kappa shape index (κ2) is 10.4. The van der Waals surface area contributed by atoms with Crippen LogP contribution in [0.25, 0.3) is 0 Å². The highest BCUT2D eigenvalue weighted by Gasteiger charge is 2.34. The quantitative estimate of drug-likeness (QED) is 0.501. The first kappa shape index (κ1) is 22.1. The van der Waals surface area contributed by atoms with E-state index in [9.17, 15) is 0 Å². The van der Waals surface area contributed by atoms with Crippen LogP contribution in [0.4, 0.5) is 0 Å². The minimum atomic E-state index is -1.81. The van der Waals surface area contributed by atoms with Crippen LogP contribution in [0.3, 0.4) is 0 Å². The average molecular weight is 419 g/mol. The molecule has 148 valence electrons. The molecular weight excluding hydrogens is 387 g/mol. The maximum Gasteiger partial charge on any atom is 0.192 e. The fourth-order valence-electron chi connectivity index (χ4n) is 3.64. The van der Waals surface area contributed by atoms with Gasteiger partial charge in [0, 0.05) is 31.0 Å². The summed E-state index contributed by atoms with van der Waals surface area (Å²) in [5, 5.41) is 4.67. The molecule has 0 aliphatic carbocycles. The Labute approximate surface area is 169 Å². The summed E-state index contributed by atoms with van der Waals surface area (Å²) in [7, 11) is -1.81. The van der Waals surface area contributed by atoms with Crippen molar-refractivity contribution in [3.05, 3.63) is 28.0 Å². The van der Waals surface area contributed by atoms with E-state index in [-0.39, 0.29) is 12.2 Å². The van der Waals surface area contributed by atoms with Crippen LogP contribution in [0.5, 0.6) is 0 Å². The van der Waals surface area contributed by atoms with Crippen LogP contribution in [0.2, 0.25) is 28.2 Å². The summed E-state index contributed by atoms with van der Waals surface area (Å²) >= 11 is 12.9. The van der Waals surface area contributed by atoms with Crippen molar-refractivity contribution < 1.29 is 9.16 Å². The minimum Gasteiger partial charge on any atom is -0.409 e. The number of ether oxygens (including phenoxy) is 1. The average Bonchev–Trinajstić information content (AvgIpc) is 3.04. The molecule has 0 radical (unpaired) electrons. The summed E-state index contributed by atoms with van der Waals surface area (Å²) in [4.78, 5) is 4.09. The Morgan fingerprint density at radius 3 is 2.31 bits per heavy atom. The monoisotopic (exact) mass is 418 g/mol. The zero-order valence-corrected chi connectivity index (χ0v) is 18.9. The van der Waals surface area contributed by atoms with Gasteiger partial charge in [0.15, 0.2) is 8.32 Å². The van der Waals surface area contributed by atoms with Crippen LogP contribution in [0.15, 0.2) is 12.4 Å². The van der Waals surface area contributed by atoms with Gasteiger partial charge in [-0.15, -0.1) is 0 Å². The molecule has 3 unspecified atom stereocenters. The molecule has 2 heterocycles. The van der Waals surface area contributed by atoms with E-state index in [0.29, 0.717) is 22.7 Å². The summed E-state index contributed by atoms with van der Waals surface area (Å²) < 4.78 is 12.7. The molecule has 1 aliphatic rings. The standard InChI is InChI=1S/C19H32Cl2N2O2Si/c1-5-26(6-2,7-3)25-18(19-16(20)11-23-12-17(19)21)13-22-10-15-9-8-14(4)24-15/h11-12,14-15,18,22H,5-10,13H2,1-4H3. The molecule has 0 aromatic carbocycles. The molecule has 0 bridgehead atoms. The first-order valence-corrected chi connectivity index (χ1v) is 13.1. The number of hydrogen-bond donors (Lipinski definition) is 1. The van der Waals surface area contributed by atoms with Gasteiger partial charge in [-0.2, -0.15) is 0 Å². The van der Waals surface area contributed by atoms with Crippen molar-refractivity contribution in [2.45, 2.75) is 77.0 Å². The number of hydrogen-bond acceptors (Lipinski definition) is 4. The Hall–Kier alpha value is -0.173. The number of rotatable bonds is 10. The van der Waals surface area contributed by atoms with Crippen LogP contribution in [0, 0.1) is 0 Å². The fraction of sp³-hybridized carbons (Fsp3) is 0.737. The third-order valence-electron chi connectivity index (χ3n) is 5.56. The fourth-order valence-corrected chi connectivity index (χ4v) is 7.06. The van der Waals surface area contributed by atoms with E-state index in [0.717, 1.165) is 43.1 Å². The Morgan fingerprint density at radius 1 is 1.19 bits per heavy atom. The van der Waals surface area contributed by atoms with E-state index in [1.807, 2.05) is 0 Å². The summed E-state index contributed by atoms with van der Waals surface area (Å²) in [6.45, 7) is 10.3. The topological polar surface area (TPSA) is 43.4 Å². The maximum atomic E-state index is 6.76. The first-order chi connectivity index (χ1) is 12.4. The summed E-state index contributed by atoms with van der Waals surface area (Å²) in [5.41, 5.74) is 0.851. The van der Waals surface area contributed by atoms with E-state index in [2.05, 4.69) is 38.0 Å². The van der Waals surface area contributed by atoms with Crippen LogP contribution < -0.4 is 5.32 Å². The normalized spacial score (nSPS) is 21.9. The molecule has 1 aromatic heterocycles. The van der Waals surface area contributed by atoms with Crippen molar-refractivity contribution in [2.24, 2.45) is 0 Å². The lowest BCUT2D eigenvalue weighted by molar-refractivity contribution is 0.0539. The molecule has 1 N–H and O–H groups in total. The molecule has 3 atom stereocenters. The van der Waals surface area contributed by atoms with Gasteiger partial charge in [0.25, 0.3) is 0 Å². The maximum absolute atomic E-state index is 6.76. The van der Waals surface area contributed by atoms with E-state index in [1.165, 1.54) is 0 Å². The molecule has 7 heteroatoms. The number of nitrogens with zero attached hydrogens (tertiary/aromatic N) is 1. The first-order valence-electron chi connectivity index (χ1n) is 9.77. The van der Waals surface area contributed by atoms with Crippen molar-refractivity contribution in [1.29, 1.82) is 0 Å². The SMILES string of the molecule is CC[Si](CC)(CC)OC(CNCC1CCC(C)O1)c1c(Cl)cncc1Cl. The lowest BCUT2D eigenvalue weighted by atomic mass is 10.1. The van der Waals surface area contributed by atoms with Gasteiger partial charge < -0.3 is 14.5 Å². The van der Waals surface area contributed by atoms with Crippen molar-refractivity contribution in [2.75, 3.05) is 13.1 Å². The van der Waals surface area contributed by atoms with E-state index in [4.69, 9.17) is 32.4 Å². The second-order valence-corrected chi connectivity index (χ2v) is 12.7. The Bertz CT molecular complexity index is 544. The lowest BCUT2D eigenvalue weighted by Gasteiger charge is -2.34. The lowest BCUT2D eigenvalue weighted by Crippen LogP contribution is -2.41. The van der Waals surface area contributed by atoms with Crippen molar-refractivity contribution in [3.8, 4) is 0 Å². The van der Waals surface area contributed by atoms with Crippen LogP contribution >= 0.6 is 23.2 Å². The number of nitrogens with one attached hydrogen (secondary N) is 1. The summed E-state index contributed by atoms with van der Waals surface area (Å²) in [6, 6.07) is 3.25. The Balaban J connectivity index is 2.13. The molecule has 4 nitrogen and oxygen atoms in total. The molecule has 26 heavy (non-hydrogen) atoms. The van der Waals surface area contributed by atoms with Gasteiger partial charge in [0.1, 0.15) is 0 Å². The third kappa shape index (κ3) is 5.66. The van der Waals surface area contributed by atoms with Gasteiger partial charge in [-0.05, 0) is 37.9 Å². The molecule has 1 saturated heterocycles. The van der Waals surface area contributed by atoms with Gasteiger partial charge in [0.05, 0.1) is 28.4 Å². The molecule has 0 spiro atoms. The highest BCUT2D eigenvalue weighted by atomic mass is 35.5. The zero-order chi connectivity index (χ0) is 19.2. The third-order valence-corrected chi connectivity index (χ3v) is 10.8. The van der Waals surface area contributed by atoms with Gasteiger partial charge in [-0.1, -0.05) is 44.0 Å². The smallest absolute Gasteiger partial charge is 0.192 e. The second-order valence-electron chi connectivity index (χ2n) is 7.17. The van der Waals surface area contributed by atoms with Gasteiger partial charge >= 0.3 is 0 Å². The molecule has 0 saturated carbocycles. The van der Waals surface area contributed by atoms with E-state index in [1.54, 1.807) is 12.4 Å². The Morgan fingerprint density at radius 2 is 1.81 bits per heavy atom. The molecule has 2 rings (SSSR count). The predicted molar refractivity (Wildman–Crippen MR) is 112 cm³/mol. The molecule has 0 amide bonds. The van der Waals surface area contributed by atoms with E-state index >= 15 is 0 Å². The minimum absolute atomic E-state index is 0.164. The molecule has 1 aliphatic heterocycles. The molecular formula is C19H32Cl2N2O2Si. The highest BCUT2D eigenvalue weighted by Crippen LogP contribution is 2.36. The van der Waals surface area contributed by atoms with Crippen molar-refractivity contribution >= 4 is 31.5 Å². The van der Waals surface area contributed by atoms with Crippen molar-refractivity contribution in [3.63, 3.8) is 0 Å². The summed E-state index contributed by atoms with van der Waals surface area (Å²) in [6.07, 6.45) is 6.00. The van der Waals surface area contributed by atoms with Crippen LogP contribution in [-0.4, -0.2) is 38.6 Å².